The van der Waals surface area contributed by atoms with Gasteiger partial charge in [-0.3, -0.25) is 0 Å². The quantitative estimate of drug-likeness (QED) is 0.826. The first-order chi connectivity index (χ1) is 10.4. The third kappa shape index (κ3) is 3.64. The fourth-order valence-electron chi connectivity index (χ4n) is 2.13. The maximum atomic E-state index is 13.6. The molecule has 0 aliphatic rings. The van der Waals surface area contributed by atoms with Crippen molar-refractivity contribution in [2.45, 2.75) is 19.1 Å². The summed E-state index contributed by atoms with van der Waals surface area (Å²) in [5.41, 5.74) is -0.105. The van der Waals surface area contributed by atoms with E-state index in [1.54, 1.807) is 6.92 Å². The third-order valence-electron chi connectivity index (χ3n) is 3.38. The van der Waals surface area contributed by atoms with Crippen LogP contribution in [-0.2, 0) is 0 Å². The molecule has 2 unspecified atom stereocenters. The number of aliphatic hydroxyl groups is 1. The molecule has 0 heterocycles. The summed E-state index contributed by atoms with van der Waals surface area (Å²) in [7, 11) is 0. The van der Waals surface area contributed by atoms with Crippen molar-refractivity contribution in [3.05, 3.63) is 70.8 Å². The largest absolute Gasteiger partial charge is 0.387 e. The van der Waals surface area contributed by atoms with Gasteiger partial charge >= 0.3 is 0 Å². The molecule has 0 saturated heterocycles. The van der Waals surface area contributed by atoms with E-state index in [-0.39, 0.29) is 17.7 Å². The Labute approximate surface area is 125 Å². The highest BCUT2D eigenvalue weighted by molar-refractivity contribution is 5.23. The predicted molar refractivity (Wildman–Crippen MR) is 74.1 cm³/mol. The molecule has 6 heteroatoms. The number of rotatable bonds is 5. The van der Waals surface area contributed by atoms with E-state index in [9.17, 15) is 22.7 Å². The predicted octanol–water partition coefficient (Wildman–Crippen LogP) is 3.63. The van der Waals surface area contributed by atoms with Gasteiger partial charge in [-0.15, -0.1) is 0 Å². The van der Waals surface area contributed by atoms with E-state index in [1.165, 1.54) is 12.1 Å². The molecule has 2 rings (SSSR count). The Balaban J connectivity index is 2.06. The molecule has 2 atom stereocenters. The Morgan fingerprint density at radius 3 is 2.45 bits per heavy atom. The molecule has 22 heavy (non-hydrogen) atoms. The first-order valence-electron chi connectivity index (χ1n) is 6.70. The van der Waals surface area contributed by atoms with Crippen LogP contribution in [0.3, 0.4) is 0 Å². The summed E-state index contributed by atoms with van der Waals surface area (Å²) in [5.74, 6) is -3.35. The zero-order chi connectivity index (χ0) is 16.3. The van der Waals surface area contributed by atoms with Crippen LogP contribution in [0.25, 0.3) is 0 Å². The van der Waals surface area contributed by atoms with Gasteiger partial charge in [0.25, 0.3) is 0 Å². The Morgan fingerprint density at radius 2 is 1.73 bits per heavy atom. The fraction of sp³-hybridized carbons (Fsp3) is 0.250. The maximum absolute atomic E-state index is 13.6. The van der Waals surface area contributed by atoms with Gasteiger partial charge in [-0.25, -0.2) is 17.6 Å². The summed E-state index contributed by atoms with van der Waals surface area (Å²) in [4.78, 5) is 0. The summed E-state index contributed by atoms with van der Waals surface area (Å²) in [6, 6.07) is 5.94. The number of halogens is 4. The van der Waals surface area contributed by atoms with Crippen LogP contribution in [0.1, 0.15) is 30.2 Å². The third-order valence-corrected chi connectivity index (χ3v) is 3.38. The summed E-state index contributed by atoms with van der Waals surface area (Å²) in [6.07, 6.45) is -1.31. The van der Waals surface area contributed by atoms with Crippen LogP contribution < -0.4 is 5.32 Å². The van der Waals surface area contributed by atoms with Gasteiger partial charge < -0.3 is 10.4 Å². The zero-order valence-corrected chi connectivity index (χ0v) is 11.8. The van der Waals surface area contributed by atoms with Crippen LogP contribution in [0.5, 0.6) is 0 Å². The minimum atomic E-state index is -1.31. The van der Waals surface area contributed by atoms with Gasteiger partial charge in [0, 0.05) is 23.7 Å². The summed E-state index contributed by atoms with van der Waals surface area (Å²) >= 11 is 0. The molecule has 0 fully saturated rings. The highest BCUT2D eigenvalue weighted by Gasteiger charge is 2.18. The molecule has 0 radical (unpaired) electrons. The van der Waals surface area contributed by atoms with Gasteiger partial charge in [-0.1, -0.05) is 12.1 Å². The molecule has 2 aromatic rings. The Morgan fingerprint density at radius 1 is 1.00 bits per heavy atom. The second-order valence-corrected chi connectivity index (χ2v) is 4.95. The standard InChI is InChI=1S/C16H15F4NO/c1-9(11-3-2-4-14(19)16(11)20)21-8-15(22)12-7-10(17)5-6-13(12)18/h2-7,9,15,21-22H,8H2,1H3. The highest BCUT2D eigenvalue weighted by Crippen LogP contribution is 2.21. The van der Waals surface area contributed by atoms with Gasteiger partial charge in [0.15, 0.2) is 11.6 Å². The molecule has 0 saturated carbocycles. The second kappa shape index (κ2) is 6.89. The van der Waals surface area contributed by atoms with Crippen molar-refractivity contribution >= 4 is 0 Å². The van der Waals surface area contributed by atoms with Crippen molar-refractivity contribution < 1.29 is 22.7 Å². The van der Waals surface area contributed by atoms with Crippen molar-refractivity contribution in [2.24, 2.45) is 0 Å². The van der Waals surface area contributed by atoms with Crippen molar-refractivity contribution in [1.29, 1.82) is 0 Å². The number of benzene rings is 2. The Hall–Kier alpha value is -1.92. The van der Waals surface area contributed by atoms with E-state index >= 15 is 0 Å². The van der Waals surface area contributed by atoms with Crippen molar-refractivity contribution in [1.82, 2.24) is 5.32 Å². The van der Waals surface area contributed by atoms with E-state index < -0.39 is 35.4 Å². The van der Waals surface area contributed by atoms with Crippen LogP contribution in [0.15, 0.2) is 36.4 Å². The topological polar surface area (TPSA) is 32.3 Å². The fourth-order valence-corrected chi connectivity index (χ4v) is 2.13. The van der Waals surface area contributed by atoms with E-state index in [2.05, 4.69) is 5.32 Å². The van der Waals surface area contributed by atoms with Gasteiger partial charge in [0.1, 0.15) is 11.6 Å². The lowest BCUT2D eigenvalue weighted by atomic mass is 10.1. The van der Waals surface area contributed by atoms with E-state index in [0.29, 0.717) is 0 Å². The SMILES string of the molecule is CC(NCC(O)c1cc(F)ccc1F)c1cccc(F)c1F. The molecule has 2 nitrogen and oxygen atoms in total. The first-order valence-corrected chi connectivity index (χ1v) is 6.70. The number of hydrogen-bond acceptors (Lipinski definition) is 2. The number of nitrogens with one attached hydrogen (secondary N) is 1. The normalized spacial score (nSPS) is 13.9. The van der Waals surface area contributed by atoms with E-state index in [4.69, 9.17) is 0 Å². The molecule has 0 bridgehead atoms. The number of aliphatic hydroxyl groups excluding tert-OH is 1. The average Bonchev–Trinajstić information content (AvgIpc) is 2.49. The summed E-state index contributed by atoms with van der Waals surface area (Å²) in [5, 5.41) is 12.7. The lowest BCUT2D eigenvalue weighted by Crippen LogP contribution is -2.26. The Kier molecular flexibility index (Phi) is 5.15. The van der Waals surface area contributed by atoms with Crippen molar-refractivity contribution in [2.75, 3.05) is 6.54 Å². The molecule has 0 aliphatic carbocycles. The van der Waals surface area contributed by atoms with Crippen molar-refractivity contribution in [3.8, 4) is 0 Å². The minimum Gasteiger partial charge on any atom is -0.387 e. The molecule has 0 aliphatic heterocycles. The average molecular weight is 313 g/mol. The lowest BCUT2D eigenvalue weighted by Gasteiger charge is -2.18. The van der Waals surface area contributed by atoms with E-state index in [1.807, 2.05) is 0 Å². The van der Waals surface area contributed by atoms with Gasteiger partial charge in [-0.05, 0) is 31.2 Å². The van der Waals surface area contributed by atoms with Crippen LogP contribution in [0.2, 0.25) is 0 Å². The minimum absolute atomic E-state index is 0.0897. The smallest absolute Gasteiger partial charge is 0.163 e. The van der Waals surface area contributed by atoms with Gasteiger partial charge in [0.2, 0.25) is 0 Å². The Bertz CT molecular complexity index is 655. The zero-order valence-electron chi connectivity index (χ0n) is 11.8. The summed E-state index contributed by atoms with van der Waals surface area (Å²) in [6.45, 7) is 1.43. The number of hydrogen-bond donors (Lipinski definition) is 2. The first kappa shape index (κ1) is 16.5. The molecular formula is C16H15F4NO. The summed E-state index contributed by atoms with van der Waals surface area (Å²) < 4.78 is 53.4. The second-order valence-electron chi connectivity index (χ2n) is 4.95. The molecule has 2 aromatic carbocycles. The lowest BCUT2D eigenvalue weighted by molar-refractivity contribution is 0.165. The molecule has 0 aromatic heterocycles. The van der Waals surface area contributed by atoms with Crippen LogP contribution in [-0.4, -0.2) is 11.7 Å². The molecular weight excluding hydrogens is 298 g/mol. The van der Waals surface area contributed by atoms with Crippen molar-refractivity contribution in [3.63, 3.8) is 0 Å². The van der Waals surface area contributed by atoms with Gasteiger partial charge in [0.05, 0.1) is 6.10 Å². The highest BCUT2D eigenvalue weighted by atomic mass is 19.2. The monoisotopic (exact) mass is 313 g/mol. The van der Waals surface area contributed by atoms with E-state index in [0.717, 1.165) is 24.3 Å². The molecule has 0 spiro atoms. The maximum Gasteiger partial charge on any atom is 0.163 e. The van der Waals surface area contributed by atoms with Gasteiger partial charge in [-0.2, -0.15) is 0 Å². The van der Waals surface area contributed by atoms with Crippen LogP contribution >= 0.6 is 0 Å². The molecule has 2 N–H and O–H groups in total. The molecule has 118 valence electrons. The molecule has 0 amide bonds. The van der Waals surface area contributed by atoms with Crippen LogP contribution in [0.4, 0.5) is 17.6 Å². The van der Waals surface area contributed by atoms with Crippen LogP contribution in [0, 0.1) is 23.3 Å².